The van der Waals surface area contributed by atoms with Gasteiger partial charge in [0.2, 0.25) is 5.95 Å². The van der Waals surface area contributed by atoms with E-state index in [4.69, 9.17) is 5.84 Å². The number of hydroxylamine groups is 2. The molecule has 0 spiro atoms. The van der Waals surface area contributed by atoms with Crippen LogP contribution in [-0.4, -0.2) is 62.2 Å². The molecule has 0 atom stereocenters. The molecular weight excluding hydrogens is 480 g/mol. The highest BCUT2D eigenvalue weighted by atomic mass is 16.5. The van der Waals surface area contributed by atoms with E-state index in [0.29, 0.717) is 30.3 Å². The number of nitrogens with zero attached hydrogens (tertiary/aromatic N) is 6. The van der Waals surface area contributed by atoms with Crippen LogP contribution in [0.15, 0.2) is 79.3 Å². The molecule has 0 unspecified atom stereocenters. The molecule has 10 heteroatoms. The molecule has 2 aromatic heterocycles. The smallest absolute Gasteiger partial charge is 0.255 e. The second-order valence-corrected chi connectivity index (χ2v) is 9.24. The van der Waals surface area contributed by atoms with Crippen LogP contribution in [0, 0.1) is 6.92 Å². The first-order valence-corrected chi connectivity index (χ1v) is 12.4. The van der Waals surface area contributed by atoms with Gasteiger partial charge in [-0.3, -0.25) is 14.7 Å². The molecule has 1 aliphatic rings. The van der Waals surface area contributed by atoms with E-state index in [2.05, 4.69) is 25.2 Å². The van der Waals surface area contributed by atoms with Crippen molar-refractivity contribution in [2.75, 3.05) is 36.5 Å². The predicted octanol–water partition coefficient (Wildman–Crippen LogP) is 3.62. The minimum atomic E-state index is -0.185. The van der Waals surface area contributed by atoms with Crippen molar-refractivity contribution in [2.45, 2.75) is 13.5 Å². The number of anilines is 3. The summed E-state index contributed by atoms with van der Waals surface area (Å²) in [7, 11) is 0. The zero-order valence-corrected chi connectivity index (χ0v) is 21.2. The monoisotopic (exact) mass is 510 g/mol. The normalized spacial score (nSPS) is 14.3. The van der Waals surface area contributed by atoms with E-state index < -0.39 is 0 Å². The van der Waals surface area contributed by atoms with E-state index in [1.54, 1.807) is 24.7 Å². The molecule has 194 valence electrons. The minimum Gasteiger partial charge on any atom is -0.322 e. The molecule has 0 bridgehead atoms. The molecule has 0 aliphatic carbocycles. The van der Waals surface area contributed by atoms with Gasteiger partial charge in [-0.2, -0.15) is 5.06 Å². The highest BCUT2D eigenvalue weighted by molar-refractivity contribution is 6.04. The molecule has 2 aromatic carbocycles. The maximum Gasteiger partial charge on any atom is 0.255 e. The van der Waals surface area contributed by atoms with Crippen molar-refractivity contribution in [3.8, 4) is 11.3 Å². The number of pyridine rings is 1. The first-order chi connectivity index (χ1) is 18.5. The van der Waals surface area contributed by atoms with Crippen LogP contribution in [0.5, 0.6) is 0 Å². The molecule has 0 radical (unpaired) electrons. The van der Waals surface area contributed by atoms with Gasteiger partial charge in [-0.25, -0.2) is 20.8 Å². The second kappa shape index (κ2) is 11.4. The molecule has 1 saturated heterocycles. The summed E-state index contributed by atoms with van der Waals surface area (Å²) in [5.74, 6) is 6.55. The number of piperazine rings is 1. The van der Waals surface area contributed by atoms with Crippen molar-refractivity contribution >= 4 is 23.2 Å². The van der Waals surface area contributed by atoms with E-state index >= 15 is 0 Å². The molecule has 1 aliphatic heterocycles. The third-order valence-electron chi connectivity index (χ3n) is 6.50. The number of hydrogen-bond donors (Lipinski definition) is 3. The van der Waals surface area contributed by atoms with Crippen LogP contribution >= 0.6 is 0 Å². The van der Waals surface area contributed by atoms with Crippen LogP contribution in [0.2, 0.25) is 0 Å². The number of aromatic nitrogens is 3. The Balaban J connectivity index is 1.23. The molecule has 4 N–H and O–H groups in total. The maximum atomic E-state index is 12.9. The average molecular weight is 511 g/mol. The molecule has 0 saturated carbocycles. The summed E-state index contributed by atoms with van der Waals surface area (Å²) in [5.41, 5.74) is 5.55. The van der Waals surface area contributed by atoms with Crippen molar-refractivity contribution in [1.82, 2.24) is 24.9 Å². The van der Waals surface area contributed by atoms with Crippen molar-refractivity contribution in [3.63, 3.8) is 0 Å². The van der Waals surface area contributed by atoms with Crippen molar-refractivity contribution in [1.29, 1.82) is 0 Å². The second-order valence-electron chi connectivity index (χ2n) is 9.24. The van der Waals surface area contributed by atoms with Gasteiger partial charge in [0, 0.05) is 68.1 Å². The number of amides is 1. The number of benzene rings is 2. The molecule has 1 amide bonds. The molecule has 3 heterocycles. The summed E-state index contributed by atoms with van der Waals surface area (Å²) in [5, 5.41) is 15.3. The lowest BCUT2D eigenvalue weighted by atomic mass is 10.1. The highest BCUT2D eigenvalue weighted by Gasteiger charge is 2.16. The van der Waals surface area contributed by atoms with Gasteiger partial charge in [-0.1, -0.05) is 12.1 Å². The largest absolute Gasteiger partial charge is 0.322 e. The van der Waals surface area contributed by atoms with E-state index in [1.165, 1.54) is 10.1 Å². The number of carbonyl (C=O) groups excluding carboxylic acids is 1. The Morgan fingerprint density at radius 2 is 1.84 bits per heavy atom. The zero-order chi connectivity index (χ0) is 26.5. The first kappa shape index (κ1) is 25.4. The third kappa shape index (κ3) is 6.01. The molecule has 38 heavy (non-hydrogen) atoms. The highest BCUT2D eigenvalue weighted by Crippen LogP contribution is 2.27. The summed E-state index contributed by atoms with van der Waals surface area (Å²) in [6.07, 6.45) is 5.11. The van der Waals surface area contributed by atoms with Crippen LogP contribution in [0.1, 0.15) is 21.5 Å². The Labute approximate surface area is 221 Å². The molecule has 10 nitrogen and oxygen atoms in total. The van der Waals surface area contributed by atoms with Gasteiger partial charge < -0.3 is 10.5 Å². The van der Waals surface area contributed by atoms with E-state index in [9.17, 15) is 10.0 Å². The van der Waals surface area contributed by atoms with Crippen molar-refractivity contribution < 1.29 is 10.0 Å². The van der Waals surface area contributed by atoms with Gasteiger partial charge in [-0.05, 0) is 66.6 Å². The van der Waals surface area contributed by atoms with Crippen LogP contribution < -0.4 is 16.2 Å². The van der Waals surface area contributed by atoms with Crippen molar-refractivity contribution in [2.24, 2.45) is 5.84 Å². The third-order valence-corrected chi connectivity index (χ3v) is 6.50. The van der Waals surface area contributed by atoms with E-state index in [0.717, 1.165) is 47.7 Å². The van der Waals surface area contributed by atoms with E-state index in [1.807, 2.05) is 61.5 Å². The fourth-order valence-electron chi connectivity index (χ4n) is 4.37. The zero-order valence-electron chi connectivity index (χ0n) is 21.2. The van der Waals surface area contributed by atoms with Gasteiger partial charge in [-0.15, -0.1) is 0 Å². The molecule has 1 fully saturated rings. The standard InChI is InChI=1S/C28H30N8O2/c1-20-17-24(32-27(37)22-6-4-21(5-7-22)19-34-13-15-35(38)16-14-34)8-9-26(20)36(29)28-31-12-10-25(33-28)23-3-2-11-30-18-23/h2-12,17-18,38H,13-16,19,29H2,1H3,(H,32,37). The quantitative estimate of drug-likeness (QED) is 0.253. The van der Waals surface area contributed by atoms with E-state index in [-0.39, 0.29) is 5.91 Å². The van der Waals surface area contributed by atoms with Gasteiger partial charge in [0.15, 0.2) is 0 Å². The molecular formula is C28H30N8O2. The summed E-state index contributed by atoms with van der Waals surface area (Å²) in [6.45, 7) is 5.63. The Bertz CT molecular complexity index is 1390. The Hall–Kier alpha value is -4.22. The SMILES string of the molecule is Cc1cc(NC(=O)c2ccc(CN3CCN(O)CC3)cc2)ccc1N(N)c1nccc(-c2cccnc2)n1. The number of aryl methyl sites for hydroxylation is 1. The number of hydrogen-bond acceptors (Lipinski definition) is 9. The lowest BCUT2D eigenvalue weighted by Crippen LogP contribution is -2.44. The Morgan fingerprint density at radius 3 is 2.55 bits per heavy atom. The molecule has 4 aromatic rings. The fraction of sp³-hybridized carbons (Fsp3) is 0.214. The van der Waals surface area contributed by atoms with Gasteiger partial charge in [0.25, 0.3) is 5.91 Å². The topological polar surface area (TPSA) is 124 Å². The number of nitrogens with one attached hydrogen (secondary N) is 1. The average Bonchev–Trinajstić information content (AvgIpc) is 2.95. The molecule has 5 rings (SSSR count). The Kier molecular flexibility index (Phi) is 7.66. The number of nitrogens with two attached hydrogens (primary N) is 1. The summed E-state index contributed by atoms with van der Waals surface area (Å²) in [6, 6.07) is 18.7. The van der Waals surface area contributed by atoms with Gasteiger partial charge in [0.1, 0.15) is 0 Å². The van der Waals surface area contributed by atoms with Crippen LogP contribution in [0.25, 0.3) is 11.3 Å². The van der Waals surface area contributed by atoms with Crippen LogP contribution in [0.4, 0.5) is 17.3 Å². The fourth-order valence-corrected chi connectivity index (χ4v) is 4.37. The lowest BCUT2D eigenvalue weighted by Gasteiger charge is -2.31. The number of rotatable bonds is 7. The number of hydrazine groups is 1. The van der Waals surface area contributed by atoms with Gasteiger partial charge in [0.05, 0.1) is 11.4 Å². The maximum absolute atomic E-state index is 12.9. The van der Waals surface area contributed by atoms with Gasteiger partial charge >= 0.3 is 0 Å². The van der Waals surface area contributed by atoms with Crippen LogP contribution in [0.3, 0.4) is 0 Å². The summed E-state index contributed by atoms with van der Waals surface area (Å²) >= 11 is 0. The predicted molar refractivity (Wildman–Crippen MR) is 146 cm³/mol. The Morgan fingerprint density at radius 1 is 1.05 bits per heavy atom. The summed E-state index contributed by atoms with van der Waals surface area (Å²) in [4.78, 5) is 28.2. The van der Waals surface area contributed by atoms with Crippen LogP contribution in [-0.2, 0) is 6.54 Å². The first-order valence-electron chi connectivity index (χ1n) is 12.4. The number of carbonyl (C=O) groups is 1. The summed E-state index contributed by atoms with van der Waals surface area (Å²) < 4.78 is 0. The lowest BCUT2D eigenvalue weighted by molar-refractivity contribution is -0.118. The minimum absolute atomic E-state index is 0.185. The van der Waals surface area contributed by atoms with Crippen molar-refractivity contribution in [3.05, 3.63) is 95.9 Å².